The molecule has 0 aromatic heterocycles. The van der Waals surface area contributed by atoms with Gasteiger partial charge in [-0.25, -0.2) is 0 Å². The Morgan fingerprint density at radius 2 is 1.84 bits per heavy atom. The van der Waals surface area contributed by atoms with Crippen LogP contribution in [0.15, 0.2) is 18.2 Å². The summed E-state index contributed by atoms with van der Waals surface area (Å²) in [6.07, 6.45) is 1.47. The molecule has 0 aliphatic rings. The second kappa shape index (κ2) is 6.71. The monoisotopic (exact) mass is 263 g/mol. The van der Waals surface area contributed by atoms with Gasteiger partial charge in [-0.15, -0.1) is 0 Å². The largest absolute Gasteiger partial charge is 0.480 e. The molecule has 0 radical (unpaired) electrons. The summed E-state index contributed by atoms with van der Waals surface area (Å²) in [4.78, 5) is 10.9. The van der Waals surface area contributed by atoms with Gasteiger partial charge >= 0.3 is 5.97 Å². The molecule has 0 amide bonds. The fourth-order valence-electron chi connectivity index (χ4n) is 2.93. The predicted octanol–water partition coefficient (Wildman–Crippen LogP) is 3.24. The minimum Gasteiger partial charge on any atom is -0.480 e. The summed E-state index contributed by atoms with van der Waals surface area (Å²) in [6, 6.07) is 5.52. The van der Waals surface area contributed by atoms with Crippen molar-refractivity contribution < 1.29 is 9.90 Å². The van der Waals surface area contributed by atoms with Gasteiger partial charge in [0.25, 0.3) is 0 Å². The van der Waals surface area contributed by atoms with Crippen LogP contribution in [0.2, 0.25) is 0 Å². The maximum absolute atomic E-state index is 10.9. The normalized spacial score (nSPS) is 15.8. The van der Waals surface area contributed by atoms with Crippen molar-refractivity contribution in [2.45, 2.75) is 52.5 Å². The fraction of sp³-hybridized carbons (Fsp3) is 0.562. The topological polar surface area (TPSA) is 63.3 Å². The predicted molar refractivity (Wildman–Crippen MR) is 78.3 cm³/mol. The zero-order valence-corrected chi connectivity index (χ0v) is 12.3. The number of carboxylic acid groups (broad SMARTS) is 1. The molecule has 1 aromatic rings. The lowest BCUT2D eigenvalue weighted by molar-refractivity contribution is -0.139. The standard InChI is InChI=1S/C16H25NO2/c1-5-13(9-14(17)16(18)19)12(4)15-10(2)7-6-8-11(15)3/h6-8,12-14H,5,9,17H2,1-4H3,(H,18,19). The Morgan fingerprint density at radius 1 is 1.32 bits per heavy atom. The van der Waals surface area contributed by atoms with E-state index in [1.165, 1.54) is 16.7 Å². The van der Waals surface area contributed by atoms with Crippen LogP contribution in [0.1, 0.15) is 49.3 Å². The number of aliphatic carboxylic acids is 1. The molecule has 1 aromatic carbocycles. The van der Waals surface area contributed by atoms with Gasteiger partial charge in [-0.05, 0) is 48.8 Å². The Balaban J connectivity index is 2.95. The molecular weight excluding hydrogens is 238 g/mol. The van der Waals surface area contributed by atoms with Crippen molar-refractivity contribution >= 4 is 5.97 Å². The summed E-state index contributed by atoms with van der Waals surface area (Å²) >= 11 is 0. The third-order valence-electron chi connectivity index (χ3n) is 4.10. The lowest BCUT2D eigenvalue weighted by Crippen LogP contribution is -2.33. The zero-order valence-electron chi connectivity index (χ0n) is 12.3. The first-order chi connectivity index (χ1) is 8.88. The van der Waals surface area contributed by atoms with Crippen molar-refractivity contribution in [1.29, 1.82) is 0 Å². The van der Waals surface area contributed by atoms with E-state index < -0.39 is 12.0 Å². The van der Waals surface area contributed by atoms with Crippen LogP contribution < -0.4 is 5.73 Å². The highest BCUT2D eigenvalue weighted by Gasteiger charge is 2.24. The molecule has 0 spiro atoms. The molecule has 0 fully saturated rings. The van der Waals surface area contributed by atoms with Crippen LogP contribution in [0.5, 0.6) is 0 Å². The molecule has 0 aliphatic heterocycles. The maximum Gasteiger partial charge on any atom is 0.320 e. The lowest BCUT2D eigenvalue weighted by Gasteiger charge is -2.27. The summed E-state index contributed by atoms with van der Waals surface area (Å²) < 4.78 is 0. The van der Waals surface area contributed by atoms with Gasteiger partial charge in [0.2, 0.25) is 0 Å². The average Bonchev–Trinajstić information content (AvgIpc) is 2.34. The molecule has 0 heterocycles. The molecule has 3 nitrogen and oxygen atoms in total. The Bertz CT molecular complexity index is 422. The first-order valence-corrected chi connectivity index (χ1v) is 6.92. The van der Waals surface area contributed by atoms with Crippen molar-refractivity contribution in [3.8, 4) is 0 Å². The lowest BCUT2D eigenvalue weighted by atomic mass is 9.79. The van der Waals surface area contributed by atoms with Gasteiger partial charge in [-0.3, -0.25) is 4.79 Å². The highest BCUT2D eigenvalue weighted by molar-refractivity contribution is 5.73. The number of carboxylic acids is 1. The second-order valence-corrected chi connectivity index (χ2v) is 5.44. The number of aryl methyl sites for hydroxylation is 2. The first-order valence-electron chi connectivity index (χ1n) is 6.92. The molecule has 0 saturated carbocycles. The Kier molecular flexibility index (Phi) is 5.55. The van der Waals surface area contributed by atoms with Crippen LogP contribution in [0.25, 0.3) is 0 Å². The zero-order chi connectivity index (χ0) is 14.6. The minimum absolute atomic E-state index is 0.297. The number of carbonyl (C=O) groups is 1. The van der Waals surface area contributed by atoms with Gasteiger partial charge in [-0.2, -0.15) is 0 Å². The van der Waals surface area contributed by atoms with E-state index in [9.17, 15) is 4.79 Å². The third-order valence-corrected chi connectivity index (χ3v) is 4.10. The van der Waals surface area contributed by atoms with Crippen LogP contribution in [0.3, 0.4) is 0 Å². The summed E-state index contributed by atoms with van der Waals surface area (Å²) in [5, 5.41) is 8.96. The van der Waals surface area contributed by atoms with Crippen molar-refractivity contribution in [1.82, 2.24) is 0 Å². The molecule has 0 saturated heterocycles. The van der Waals surface area contributed by atoms with E-state index in [0.29, 0.717) is 18.3 Å². The minimum atomic E-state index is -0.910. The second-order valence-electron chi connectivity index (χ2n) is 5.44. The molecule has 106 valence electrons. The summed E-state index contributed by atoms with van der Waals surface area (Å²) in [6.45, 7) is 8.51. The smallest absolute Gasteiger partial charge is 0.320 e. The van der Waals surface area contributed by atoms with Gasteiger partial charge in [-0.1, -0.05) is 38.5 Å². The van der Waals surface area contributed by atoms with Crippen LogP contribution in [0, 0.1) is 19.8 Å². The van der Waals surface area contributed by atoms with Gasteiger partial charge in [0, 0.05) is 0 Å². The van der Waals surface area contributed by atoms with Crippen molar-refractivity contribution in [2.75, 3.05) is 0 Å². The fourth-order valence-corrected chi connectivity index (χ4v) is 2.93. The first kappa shape index (κ1) is 15.7. The van der Waals surface area contributed by atoms with Crippen LogP contribution >= 0.6 is 0 Å². The maximum atomic E-state index is 10.9. The number of nitrogens with two attached hydrogens (primary N) is 1. The van der Waals surface area contributed by atoms with E-state index in [1.54, 1.807) is 0 Å². The van der Waals surface area contributed by atoms with Gasteiger partial charge in [0.1, 0.15) is 6.04 Å². The molecule has 19 heavy (non-hydrogen) atoms. The Morgan fingerprint density at radius 3 is 2.26 bits per heavy atom. The van der Waals surface area contributed by atoms with Gasteiger partial charge in [0.15, 0.2) is 0 Å². The third kappa shape index (κ3) is 3.80. The van der Waals surface area contributed by atoms with E-state index in [4.69, 9.17) is 10.8 Å². The van der Waals surface area contributed by atoms with E-state index in [-0.39, 0.29) is 0 Å². The van der Waals surface area contributed by atoms with Crippen LogP contribution in [0.4, 0.5) is 0 Å². The summed E-state index contributed by atoms with van der Waals surface area (Å²) in [7, 11) is 0. The number of benzene rings is 1. The number of rotatable bonds is 6. The molecule has 0 bridgehead atoms. The van der Waals surface area contributed by atoms with Crippen molar-refractivity contribution in [3.05, 3.63) is 34.9 Å². The molecule has 3 heteroatoms. The van der Waals surface area contributed by atoms with Gasteiger partial charge < -0.3 is 10.8 Å². The van der Waals surface area contributed by atoms with E-state index in [1.807, 2.05) is 0 Å². The van der Waals surface area contributed by atoms with Crippen LogP contribution in [-0.2, 0) is 4.79 Å². The van der Waals surface area contributed by atoms with E-state index >= 15 is 0 Å². The highest BCUT2D eigenvalue weighted by Crippen LogP contribution is 2.33. The quantitative estimate of drug-likeness (QED) is 0.828. The molecule has 3 unspecified atom stereocenters. The van der Waals surface area contributed by atoms with Crippen LogP contribution in [-0.4, -0.2) is 17.1 Å². The summed E-state index contributed by atoms with van der Waals surface area (Å²) in [5.41, 5.74) is 9.57. The average molecular weight is 263 g/mol. The Hall–Kier alpha value is -1.35. The highest BCUT2D eigenvalue weighted by atomic mass is 16.4. The number of hydrogen-bond donors (Lipinski definition) is 2. The molecule has 0 aliphatic carbocycles. The molecule has 3 atom stereocenters. The molecule has 1 rings (SSSR count). The number of hydrogen-bond acceptors (Lipinski definition) is 2. The van der Waals surface area contributed by atoms with Crippen molar-refractivity contribution in [3.63, 3.8) is 0 Å². The molecule has 3 N–H and O–H groups in total. The van der Waals surface area contributed by atoms with Gasteiger partial charge in [0.05, 0.1) is 0 Å². The SMILES string of the molecule is CCC(CC(N)C(=O)O)C(C)c1c(C)cccc1C. The van der Waals surface area contributed by atoms with E-state index in [2.05, 4.69) is 45.9 Å². The van der Waals surface area contributed by atoms with E-state index in [0.717, 1.165) is 6.42 Å². The van der Waals surface area contributed by atoms with Crippen molar-refractivity contribution in [2.24, 2.45) is 11.7 Å². The molecular formula is C16H25NO2. The summed E-state index contributed by atoms with van der Waals surface area (Å²) in [5.74, 6) is -0.283. The Labute approximate surface area is 115 Å².